The van der Waals surface area contributed by atoms with E-state index in [2.05, 4.69) is 15.0 Å². The van der Waals surface area contributed by atoms with E-state index < -0.39 is 30.7 Å². The molecular weight excluding hydrogens is 494 g/mol. The second-order valence-electron chi connectivity index (χ2n) is 8.62. The Morgan fingerprint density at radius 1 is 1.00 bits per heavy atom. The van der Waals surface area contributed by atoms with Crippen LogP contribution in [0.15, 0.2) is 53.5 Å². The molecule has 11 heteroatoms. The van der Waals surface area contributed by atoms with Gasteiger partial charge < -0.3 is 30.0 Å². The zero-order valence-corrected chi connectivity index (χ0v) is 21.3. The number of carbonyl (C=O) groups excluding carboxylic acids is 4. The van der Waals surface area contributed by atoms with E-state index in [-0.39, 0.29) is 30.6 Å². The third-order valence-corrected chi connectivity index (χ3v) is 5.81. The maximum Gasteiger partial charge on any atom is 0.438 e. The van der Waals surface area contributed by atoms with E-state index in [1.54, 1.807) is 12.1 Å². The number of rotatable bonds is 11. The fourth-order valence-corrected chi connectivity index (χ4v) is 3.79. The fraction of sp³-hybridized carbons (Fsp3) is 0.370. The van der Waals surface area contributed by atoms with Crippen molar-refractivity contribution in [2.24, 2.45) is 16.6 Å². The highest BCUT2D eigenvalue weighted by atomic mass is 16.7. The third kappa shape index (κ3) is 8.32. The molecule has 0 spiro atoms. The monoisotopic (exact) mass is 525 g/mol. The number of amides is 2. The number of hydrogen-bond acceptors (Lipinski definition) is 8. The predicted molar refractivity (Wildman–Crippen MR) is 137 cm³/mol. The van der Waals surface area contributed by atoms with Gasteiger partial charge in [-0.25, -0.2) is 4.79 Å². The number of nitrogens with zero attached hydrogens (tertiary/aromatic N) is 1. The molecule has 1 aliphatic heterocycles. The Morgan fingerprint density at radius 2 is 1.66 bits per heavy atom. The summed E-state index contributed by atoms with van der Waals surface area (Å²) >= 11 is 0. The minimum Gasteiger partial charge on any atom is -0.491 e. The zero-order valence-electron chi connectivity index (χ0n) is 21.3. The van der Waals surface area contributed by atoms with Crippen LogP contribution in [0.1, 0.15) is 38.2 Å². The number of hydrogen-bond donors (Lipinski definition) is 2. The molecule has 2 aromatic carbocycles. The number of amidine groups is 1. The van der Waals surface area contributed by atoms with Crippen molar-refractivity contribution in [1.29, 1.82) is 0 Å². The number of nitrogens with two attached hydrogens (primary N) is 1. The summed E-state index contributed by atoms with van der Waals surface area (Å²) < 4.78 is 19.9. The second-order valence-corrected chi connectivity index (χ2v) is 8.62. The molecule has 1 aliphatic rings. The number of nitrogens with one attached hydrogen (secondary N) is 1. The molecule has 0 saturated carbocycles. The lowest BCUT2D eigenvalue weighted by molar-refractivity contribution is -0.151. The van der Waals surface area contributed by atoms with E-state index >= 15 is 0 Å². The smallest absolute Gasteiger partial charge is 0.438 e. The molecule has 0 aromatic heterocycles. The first-order chi connectivity index (χ1) is 18.3. The van der Waals surface area contributed by atoms with Crippen molar-refractivity contribution >= 4 is 29.8 Å². The lowest BCUT2D eigenvalue weighted by atomic mass is 10.0. The Hall–Kier alpha value is -4.41. The summed E-state index contributed by atoms with van der Waals surface area (Å²) in [7, 11) is 1.30. The van der Waals surface area contributed by atoms with E-state index in [1.165, 1.54) is 7.11 Å². The van der Waals surface area contributed by atoms with Crippen molar-refractivity contribution in [2.45, 2.75) is 38.6 Å². The highest BCUT2D eigenvalue weighted by Gasteiger charge is 2.34. The van der Waals surface area contributed by atoms with Crippen LogP contribution in [0.3, 0.4) is 0 Å². The SMILES string of the molecule is CCCC(=O)OCOC(=O)N=C(N)c1ccc(-c2ccc(OC[C@@H]3C[C@@H](CC(=O)OC)C(=O)N3)cc2)cc1. The molecule has 0 aliphatic carbocycles. The van der Waals surface area contributed by atoms with Gasteiger partial charge in [0.05, 0.1) is 25.5 Å². The van der Waals surface area contributed by atoms with Gasteiger partial charge in [-0.3, -0.25) is 14.4 Å². The van der Waals surface area contributed by atoms with Crippen molar-refractivity contribution in [3.05, 3.63) is 54.1 Å². The van der Waals surface area contributed by atoms with Crippen LogP contribution in [0, 0.1) is 5.92 Å². The zero-order chi connectivity index (χ0) is 27.5. The van der Waals surface area contributed by atoms with Crippen LogP contribution in [-0.4, -0.2) is 56.3 Å². The Kier molecular flexibility index (Phi) is 10.2. The molecule has 2 atom stereocenters. The molecule has 0 unspecified atom stereocenters. The number of aliphatic imine (C=N–C) groups is 1. The van der Waals surface area contributed by atoms with Gasteiger partial charge in [-0.15, -0.1) is 0 Å². The van der Waals surface area contributed by atoms with Crippen LogP contribution in [-0.2, 0) is 28.6 Å². The lowest BCUT2D eigenvalue weighted by Crippen LogP contribution is -2.31. The summed E-state index contributed by atoms with van der Waals surface area (Å²) in [4.78, 5) is 50.2. The van der Waals surface area contributed by atoms with Gasteiger partial charge in [0.15, 0.2) is 0 Å². The van der Waals surface area contributed by atoms with Crippen LogP contribution in [0.5, 0.6) is 5.75 Å². The molecule has 202 valence electrons. The first-order valence-electron chi connectivity index (χ1n) is 12.2. The molecule has 3 rings (SSSR count). The average molecular weight is 526 g/mol. The number of carbonyl (C=O) groups is 4. The lowest BCUT2D eigenvalue weighted by Gasteiger charge is -2.12. The van der Waals surface area contributed by atoms with Crippen molar-refractivity contribution in [1.82, 2.24) is 5.32 Å². The summed E-state index contributed by atoms with van der Waals surface area (Å²) in [6.07, 6.45) is 0.487. The minimum atomic E-state index is -0.956. The quantitative estimate of drug-likeness (QED) is 0.195. The largest absolute Gasteiger partial charge is 0.491 e. The van der Waals surface area contributed by atoms with E-state index in [1.807, 2.05) is 43.3 Å². The molecule has 11 nitrogen and oxygen atoms in total. The van der Waals surface area contributed by atoms with Gasteiger partial charge in [-0.1, -0.05) is 43.3 Å². The first-order valence-corrected chi connectivity index (χ1v) is 12.2. The van der Waals surface area contributed by atoms with Crippen LogP contribution in [0.2, 0.25) is 0 Å². The molecule has 1 fully saturated rings. The van der Waals surface area contributed by atoms with Crippen LogP contribution >= 0.6 is 0 Å². The molecule has 0 bridgehead atoms. The van der Waals surface area contributed by atoms with Gasteiger partial charge in [0.2, 0.25) is 12.7 Å². The van der Waals surface area contributed by atoms with Gasteiger partial charge in [0, 0.05) is 12.0 Å². The highest BCUT2D eigenvalue weighted by molar-refractivity contribution is 6.03. The Morgan fingerprint density at radius 3 is 2.29 bits per heavy atom. The maximum atomic E-state index is 12.0. The van der Waals surface area contributed by atoms with E-state index in [0.29, 0.717) is 30.8 Å². The van der Waals surface area contributed by atoms with Gasteiger partial charge in [0.1, 0.15) is 18.2 Å². The predicted octanol–water partition coefficient (Wildman–Crippen LogP) is 2.94. The third-order valence-electron chi connectivity index (χ3n) is 5.81. The summed E-state index contributed by atoms with van der Waals surface area (Å²) in [5.41, 5.74) is 8.26. The summed E-state index contributed by atoms with van der Waals surface area (Å²) in [5.74, 6) is -0.820. The topological polar surface area (TPSA) is 156 Å². The fourth-order valence-electron chi connectivity index (χ4n) is 3.79. The molecule has 3 N–H and O–H groups in total. The summed E-state index contributed by atoms with van der Waals surface area (Å²) in [6.45, 7) is 1.61. The number of ether oxygens (including phenoxy) is 4. The molecule has 2 aromatic rings. The van der Waals surface area contributed by atoms with Crippen molar-refractivity contribution in [3.63, 3.8) is 0 Å². The molecule has 0 radical (unpaired) electrons. The maximum absolute atomic E-state index is 12.0. The van der Waals surface area contributed by atoms with Gasteiger partial charge in [-0.05, 0) is 36.1 Å². The Bertz CT molecular complexity index is 1160. The molecule has 38 heavy (non-hydrogen) atoms. The summed E-state index contributed by atoms with van der Waals surface area (Å²) in [5, 5.41) is 2.85. The Balaban J connectivity index is 1.49. The number of benzene rings is 2. The van der Waals surface area contributed by atoms with E-state index in [9.17, 15) is 19.2 Å². The van der Waals surface area contributed by atoms with Gasteiger partial charge in [0.25, 0.3) is 0 Å². The van der Waals surface area contributed by atoms with Crippen LogP contribution in [0.4, 0.5) is 4.79 Å². The molecular formula is C27H31N3O8. The highest BCUT2D eigenvalue weighted by Crippen LogP contribution is 2.24. The number of methoxy groups -OCH3 is 1. The van der Waals surface area contributed by atoms with Gasteiger partial charge >= 0.3 is 18.0 Å². The van der Waals surface area contributed by atoms with Gasteiger partial charge in [-0.2, -0.15) is 4.99 Å². The second kappa shape index (κ2) is 13.8. The minimum absolute atomic E-state index is 0.0296. The molecule has 1 heterocycles. The van der Waals surface area contributed by atoms with E-state index in [0.717, 1.165) is 11.1 Å². The Labute approximate surface area is 220 Å². The van der Waals surface area contributed by atoms with Crippen LogP contribution in [0.25, 0.3) is 11.1 Å². The molecule has 2 amide bonds. The molecule has 1 saturated heterocycles. The number of esters is 2. The van der Waals surface area contributed by atoms with E-state index in [4.69, 9.17) is 19.9 Å². The van der Waals surface area contributed by atoms with Crippen molar-refractivity contribution < 1.29 is 38.1 Å². The standard InChI is InChI=1S/C27H31N3O8/c1-3-4-23(31)37-16-38-27(34)30-25(28)19-7-5-17(6-8-19)18-9-11-22(12-10-18)36-15-21-13-20(26(33)29-21)14-24(32)35-2/h5-12,20-21H,3-4,13-16H2,1-2H3,(H,29,33)(H2,28,30,34)/t20-,21-/m0/s1. The van der Waals surface area contributed by atoms with Crippen molar-refractivity contribution in [2.75, 3.05) is 20.5 Å². The van der Waals surface area contributed by atoms with Crippen LogP contribution < -0.4 is 15.8 Å². The first kappa shape index (κ1) is 28.2. The average Bonchev–Trinajstić information content (AvgIpc) is 3.26. The van der Waals surface area contributed by atoms with Crippen molar-refractivity contribution in [3.8, 4) is 16.9 Å². The normalized spacial score (nSPS) is 16.9. The summed E-state index contributed by atoms with van der Waals surface area (Å²) in [6, 6.07) is 14.4.